The van der Waals surface area contributed by atoms with Crippen molar-refractivity contribution in [2.24, 2.45) is 0 Å². The number of pyridine rings is 3. The van der Waals surface area contributed by atoms with E-state index in [0.717, 1.165) is 68.7 Å². The van der Waals surface area contributed by atoms with Crippen molar-refractivity contribution in [3.8, 4) is 67.2 Å². The molecular weight excluding hydrogens is 2040 g/mol. The van der Waals surface area contributed by atoms with E-state index in [2.05, 4.69) is 33.2 Å². The molecule has 0 bridgehead atoms. The van der Waals surface area contributed by atoms with Gasteiger partial charge in [0.05, 0.1) is 36.0 Å². The second-order valence-electron chi connectivity index (χ2n) is 29.1. The first-order valence-electron chi connectivity index (χ1n) is 37.2. The van der Waals surface area contributed by atoms with Crippen molar-refractivity contribution in [2.75, 3.05) is 0 Å². The molecule has 0 atom stereocenters. The van der Waals surface area contributed by atoms with Gasteiger partial charge in [-0.25, -0.2) is 0 Å². The number of benzene rings is 9. The van der Waals surface area contributed by atoms with E-state index in [1.165, 1.54) is 91.4 Å². The molecule has 0 amide bonds. The Labute approximate surface area is 735 Å². The number of furan rings is 3. The smallest absolute Gasteiger partial charge is 0.501 e. The number of hydrogen-bond acceptors (Lipinski definition) is 9. The van der Waals surface area contributed by atoms with Crippen LogP contribution >= 0.6 is 0 Å². The third-order valence-electron chi connectivity index (χ3n) is 20.7. The first-order chi connectivity index (χ1) is 61.2. The Hall–Kier alpha value is -12.8. The third-order valence-corrected chi connectivity index (χ3v) is 20.7. The van der Waals surface area contributed by atoms with E-state index in [0.29, 0.717) is 67.3 Å². The van der Waals surface area contributed by atoms with Gasteiger partial charge in [-0.3, -0.25) is 14.4 Å². The molecule has 6 aromatic heterocycles. The van der Waals surface area contributed by atoms with Crippen LogP contribution in [0.5, 0.6) is 0 Å². The SMILES string of the molecule is O=C(CC(F)(F)C(F)(F)C(F)(F)C(F)(F)C(F)(F)F)c1ccccc1-c1ccc(-c2[c-]ccc3c2oc2ccccc23)nc1.O=C(CC(F)(F)C(F)(F)C(F)(F)C(F)(F)C(F)(F)F)c1ccccc1-c1ccc(-c2[c-]ccc3c2oc2ccccc23)nc1.O=C(CC(F)(F)C(F)(F)C(F)(F)C(F)(F)C(F)(F)F)c1ccccc1-c1ccc(-c2[c-]ccc3c2oc2ccccc23)nc1.[Ir+3]. The van der Waals surface area contributed by atoms with Crippen LogP contribution in [0.2, 0.25) is 0 Å². The minimum absolute atomic E-state index is 0. The van der Waals surface area contributed by atoms with Crippen molar-refractivity contribution in [3.05, 3.63) is 272 Å². The second kappa shape index (κ2) is 35.0. The van der Waals surface area contributed by atoms with Crippen molar-refractivity contribution in [2.45, 2.75) is 109 Å². The summed E-state index contributed by atoms with van der Waals surface area (Å²) < 4.78 is 461. The summed E-state index contributed by atoms with van der Waals surface area (Å²) in [7, 11) is 0. The summed E-state index contributed by atoms with van der Waals surface area (Å²) in [5, 5.41) is 4.74. The molecule has 0 saturated heterocycles. The summed E-state index contributed by atoms with van der Waals surface area (Å²) in [6.07, 6.45) is -26.8. The van der Waals surface area contributed by atoms with Gasteiger partial charge in [-0.2, -0.15) is 145 Å². The monoisotopic (exact) mass is 2080 g/mol. The molecule has 0 unspecified atom stereocenters. The number of alkyl halides is 33. The summed E-state index contributed by atoms with van der Waals surface area (Å²) in [6.45, 7) is 0. The third kappa shape index (κ3) is 17.2. The zero-order valence-corrected chi connectivity index (χ0v) is 67.6. The van der Waals surface area contributed by atoms with Crippen LogP contribution in [0.4, 0.5) is 145 Å². The van der Waals surface area contributed by atoms with E-state index in [9.17, 15) is 159 Å². The molecule has 696 valence electrons. The van der Waals surface area contributed by atoms with E-state index in [-0.39, 0.29) is 53.5 Å². The van der Waals surface area contributed by atoms with Gasteiger partial charge >= 0.3 is 110 Å². The summed E-state index contributed by atoms with van der Waals surface area (Å²) in [5.74, 6) is -92.0. The molecule has 0 spiro atoms. The van der Waals surface area contributed by atoms with Crippen molar-refractivity contribution >= 4 is 83.2 Å². The van der Waals surface area contributed by atoms with Gasteiger partial charge in [0.2, 0.25) is 0 Å². The fraction of sp³-hybridized carbons (Fsp3) is 0.200. The van der Waals surface area contributed by atoms with E-state index in [4.69, 9.17) is 13.3 Å². The molecule has 0 aliphatic carbocycles. The van der Waals surface area contributed by atoms with Gasteiger partial charge in [0, 0.05) is 51.4 Å². The average Bonchev–Trinajstić information content (AvgIpc) is 1.65. The Morgan fingerprint density at radius 2 is 0.466 bits per heavy atom. The first kappa shape index (κ1) is 99.2. The maximum Gasteiger partial charge on any atom is 3.00 e. The molecule has 0 aliphatic heterocycles. The van der Waals surface area contributed by atoms with Crippen LogP contribution in [0.25, 0.3) is 133 Å². The van der Waals surface area contributed by atoms with Crippen LogP contribution < -0.4 is 0 Å². The van der Waals surface area contributed by atoms with E-state index >= 15 is 0 Å². The molecule has 6 heterocycles. The molecule has 0 radical (unpaired) electrons. The fourth-order valence-corrected chi connectivity index (χ4v) is 13.7. The number of nitrogens with zero attached hydrogens (tertiary/aromatic N) is 3. The van der Waals surface area contributed by atoms with Crippen LogP contribution in [0.3, 0.4) is 0 Å². The fourth-order valence-electron chi connectivity index (χ4n) is 13.7. The zero-order chi connectivity index (χ0) is 96.9. The van der Waals surface area contributed by atoms with Gasteiger partial charge in [-0.1, -0.05) is 197 Å². The minimum Gasteiger partial charge on any atom is -0.501 e. The molecule has 0 aliphatic rings. The number of carbonyl (C=O) groups is 3. The molecule has 43 heteroatoms. The van der Waals surface area contributed by atoms with Crippen molar-refractivity contribution in [1.82, 2.24) is 15.0 Å². The number of ketones is 3. The average molecular weight is 2080 g/mol. The number of para-hydroxylation sites is 3. The number of aromatic nitrogens is 3. The van der Waals surface area contributed by atoms with Crippen LogP contribution in [-0.4, -0.2) is 122 Å². The summed E-state index contributed by atoms with van der Waals surface area (Å²) in [6, 6.07) is 62.7. The number of carbonyl (C=O) groups excluding carboxylic acids is 3. The molecule has 0 fully saturated rings. The Balaban J connectivity index is 0.000000179. The topological polar surface area (TPSA) is 129 Å². The standard InChI is InChI=1S/3C30H15F11NO2.Ir/c3*31-26(32,27(33,34)28(35,36)29(37,38)30(39,40)41)14-23(43)18-7-2-1-6-17(18)16-12-13-22(42-15-16)21-10-5-9-20-19-8-3-4-11-24(19)44-25(20)21;/h3*1-9,11-13,15H,14H2;/q3*-1;+3. The van der Waals surface area contributed by atoms with Gasteiger partial charge in [0.25, 0.3) is 0 Å². The van der Waals surface area contributed by atoms with Gasteiger partial charge in [-0.15, -0.1) is 54.6 Å². The van der Waals surface area contributed by atoms with Crippen molar-refractivity contribution in [3.63, 3.8) is 0 Å². The maximum atomic E-state index is 14.4. The van der Waals surface area contributed by atoms with Gasteiger partial charge in [0.1, 0.15) is 16.7 Å². The maximum absolute atomic E-state index is 14.4. The van der Waals surface area contributed by atoms with E-state index < -0.39 is 143 Å². The Kier molecular flexibility index (Phi) is 26.1. The zero-order valence-electron chi connectivity index (χ0n) is 65.2. The number of Topliss-reactive ketones (excluding diaryl/α,β-unsaturated/α-hetero) is 3. The number of hydrogen-bond donors (Lipinski definition) is 0. The summed E-state index contributed by atoms with van der Waals surface area (Å²) in [5.41, 5.74) is 2.85. The predicted molar refractivity (Wildman–Crippen MR) is 408 cm³/mol. The van der Waals surface area contributed by atoms with Gasteiger partial charge in [0.15, 0.2) is 17.3 Å². The normalized spacial score (nSPS) is 13.4. The molecule has 9 aromatic carbocycles. The van der Waals surface area contributed by atoms with E-state index in [1.807, 2.05) is 36.4 Å². The number of halogens is 33. The quantitative estimate of drug-likeness (QED) is 0.0330. The summed E-state index contributed by atoms with van der Waals surface area (Å²) >= 11 is 0. The minimum atomic E-state index is -7.60. The number of fused-ring (bicyclic) bond motifs is 9. The van der Waals surface area contributed by atoms with Gasteiger partial charge in [-0.05, 0) is 68.7 Å². The molecule has 9 nitrogen and oxygen atoms in total. The molecule has 0 N–H and O–H groups in total. The largest absolute Gasteiger partial charge is 3.00 e. The van der Waals surface area contributed by atoms with E-state index in [1.54, 1.807) is 72.8 Å². The van der Waals surface area contributed by atoms with Crippen LogP contribution in [0, 0.1) is 18.2 Å². The number of rotatable bonds is 24. The predicted octanol–water partition coefficient (Wildman–Crippen LogP) is 29.4. The second-order valence-corrected chi connectivity index (χ2v) is 29.1. The van der Waals surface area contributed by atoms with Crippen LogP contribution in [0.15, 0.2) is 250 Å². The van der Waals surface area contributed by atoms with Crippen molar-refractivity contribution < 1.29 is 193 Å². The van der Waals surface area contributed by atoms with Crippen LogP contribution in [0.1, 0.15) is 50.3 Å². The Morgan fingerprint density at radius 3 is 0.684 bits per heavy atom. The molecular formula is C90H45F33IrN3O6. The molecule has 15 aromatic rings. The van der Waals surface area contributed by atoms with Crippen LogP contribution in [-0.2, 0) is 20.1 Å². The molecule has 133 heavy (non-hydrogen) atoms. The summed E-state index contributed by atoms with van der Waals surface area (Å²) in [4.78, 5) is 50.9. The molecule has 15 rings (SSSR count). The Morgan fingerprint density at radius 1 is 0.248 bits per heavy atom. The first-order valence-corrected chi connectivity index (χ1v) is 37.2. The van der Waals surface area contributed by atoms with Crippen molar-refractivity contribution in [1.29, 1.82) is 0 Å². The molecule has 0 saturated carbocycles. The Bertz CT molecular complexity index is 6230. The van der Waals surface area contributed by atoms with Gasteiger partial charge < -0.3 is 28.2 Å².